The first-order chi connectivity index (χ1) is 10.4. The highest BCUT2D eigenvalue weighted by Crippen LogP contribution is 2.15. The zero-order chi connectivity index (χ0) is 16.3. The number of carbonyl (C=O) groups excluding carboxylic acids is 1. The summed E-state index contributed by atoms with van der Waals surface area (Å²) in [4.78, 5) is 12.1. The smallest absolute Gasteiger partial charge is 0.254 e. The normalized spacial score (nSPS) is 13.7. The molecule has 2 atom stereocenters. The van der Waals surface area contributed by atoms with Crippen LogP contribution in [-0.4, -0.2) is 33.4 Å². The quantitative estimate of drug-likeness (QED) is 0.886. The van der Waals surface area contributed by atoms with Gasteiger partial charge in [0, 0.05) is 24.9 Å². The summed E-state index contributed by atoms with van der Waals surface area (Å²) in [5, 5.41) is 15.7. The molecule has 1 aromatic heterocycles. The van der Waals surface area contributed by atoms with Gasteiger partial charge < -0.3 is 10.4 Å². The fourth-order valence-electron chi connectivity index (χ4n) is 1.83. The average Bonchev–Trinajstić information content (AvgIpc) is 2.95. The highest BCUT2D eigenvalue weighted by Gasteiger charge is 2.17. The maximum Gasteiger partial charge on any atom is 0.254 e. The molecule has 0 fully saturated rings. The van der Waals surface area contributed by atoms with Crippen LogP contribution < -0.4 is 5.32 Å². The van der Waals surface area contributed by atoms with Crippen LogP contribution in [0.5, 0.6) is 0 Å². The van der Waals surface area contributed by atoms with Gasteiger partial charge in [-0.3, -0.25) is 4.79 Å². The summed E-state index contributed by atoms with van der Waals surface area (Å²) >= 11 is 0. The van der Waals surface area contributed by atoms with Crippen molar-refractivity contribution in [3.8, 4) is 5.69 Å². The molecule has 2 rings (SSSR count). The zero-order valence-electron chi connectivity index (χ0n) is 12.3. The van der Waals surface area contributed by atoms with Crippen LogP contribution in [0.4, 0.5) is 8.78 Å². The summed E-state index contributed by atoms with van der Waals surface area (Å²) in [5.41, 5.74) is 0.304. The number of nitrogens with zero attached hydrogens (tertiary/aromatic N) is 2. The summed E-state index contributed by atoms with van der Waals surface area (Å²) in [5.74, 6) is -1.91. The van der Waals surface area contributed by atoms with Crippen molar-refractivity contribution in [2.45, 2.75) is 19.9 Å². The van der Waals surface area contributed by atoms with E-state index in [4.69, 9.17) is 5.11 Å². The predicted octanol–water partition coefficient (Wildman–Crippen LogP) is 1.90. The molecule has 5 nitrogen and oxygen atoms in total. The summed E-state index contributed by atoms with van der Waals surface area (Å²) in [7, 11) is 0. The van der Waals surface area contributed by atoms with Crippen molar-refractivity contribution >= 4 is 5.91 Å². The number of rotatable bonds is 5. The molecule has 7 heteroatoms. The first kappa shape index (κ1) is 16.1. The van der Waals surface area contributed by atoms with Gasteiger partial charge in [-0.25, -0.2) is 13.5 Å². The van der Waals surface area contributed by atoms with Crippen molar-refractivity contribution in [1.82, 2.24) is 15.1 Å². The van der Waals surface area contributed by atoms with E-state index in [0.717, 1.165) is 12.1 Å². The molecule has 2 aromatic rings. The third-order valence-corrected chi connectivity index (χ3v) is 3.50. The molecule has 0 aliphatic carbocycles. The maximum atomic E-state index is 13.7. The minimum Gasteiger partial charge on any atom is -0.396 e. The molecule has 0 bridgehead atoms. The Labute approximate surface area is 126 Å². The molecule has 22 heavy (non-hydrogen) atoms. The van der Waals surface area contributed by atoms with Crippen LogP contribution in [0.3, 0.4) is 0 Å². The van der Waals surface area contributed by atoms with Gasteiger partial charge in [0.25, 0.3) is 5.91 Å². The predicted molar refractivity (Wildman–Crippen MR) is 76.7 cm³/mol. The number of benzene rings is 1. The average molecular weight is 309 g/mol. The van der Waals surface area contributed by atoms with E-state index in [0.29, 0.717) is 0 Å². The molecule has 0 spiro atoms. The van der Waals surface area contributed by atoms with E-state index >= 15 is 0 Å². The monoisotopic (exact) mass is 309 g/mol. The highest BCUT2D eigenvalue weighted by molar-refractivity contribution is 5.93. The molecular formula is C15H17F2N3O2. The minimum atomic E-state index is -0.766. The van der Waals surface area contributed by atoms with Crippen molar-refractivity contribution in [2.75, 3.05) is 6.61 Å². The van der Waals surface area contributed by atoms with E-state index < -0.39 is 11.6 Å². The van der Waals surface area contributed by atoms with E-state index in [1.54, 1.807) is 6.92 Å². The van der Waals surface area contributed by atoms with Gasteiger partial charge in [-0.1, -0.05) is 6.92 Å². The zero-order valence-corrected chi connectivity index (χ0v) is 12.3. The van der Waals surface area contributed by atoms with Gasteiger partial charge in [-0.05, 0) is 25.0 Å². The van der Waals surface area contributed by atoms with Gasteiger partial charge in [-0.2, -0.15) is 5.10 Å². The van der Waals surface area contributed by atoms with Gasteiger partial charge in [0.1, 0.15) is 11.5 Å². The summed E-state index contributed by atoms with van der Waals surface area (Å²) < 4.78 is 27.7. The Balaban J connectivity index is 2.16. The molecule has 1 aromatic carbocycles. The first-order valence-corrected chi connectivity index (χ1v) is 6.84. The highest BCUT2D eigenvalue weighted by atomic mass is 19.1. The van der Waals surface area contributed by atoms with E-state index in [2.05, 4.69) is 10.4 Å². The topological polar surface area (TPSA) is 67.2 Å². The number of carbonyl (C=O) groups is 1. The number of aliphatic hydroxyl groups excluding tert-OH is 1. The number of hydrogen-bond donors (Lipinski definition) is 2. The minimum absolute atomic E-state index is 0.0402. The molecule has 118 valence electrons. The lowest BCUT2D eigenvalue weighted by atomic mass is 10.1. The number of halogens is 2. The molecule has 2 unspecified atom stereocenters. The molecule has 0 saturated heterocycles. The second-order valence-electron chi connectivity index (χ2n) is 5.19. The largest absolute Gasteiger partial charge is 0.396 e. The Morgan fingerprint density at radius 2 is 2.14 bits per heavy atom. The molecule has 1 amide bonds. The Morgan fingerprint density at radius 3 is 2.77 bits per heavy atom. The van der Waals surface area contributed by atoms with E-state index in [-0.39, 0.29) is 35.7 Å². The molecule has 1 heterocycles. The Bertz CT molecular complexity index is 673. The van der Waals surface area contributed by atoms with Crippen molar-refractivity contribution in [1.29, 1.82) is 0 Å². The van der Waals surface area contributed by atoms with Gasteiger partial charge in [0.05, 0.1) is 11.8 Å². The van der Waals surface area contributed by atoms with Crippen LogP contribution >= 0.6 is 0 Å². The lowest BCUT2D eigenvalue weighted by molar-refractivity contribution is 0.0916. The molecular weight excluding hydrogens is 292 g/mol. The molecule has 2 N–H and O–H groups in total. The molecule has 0 saturated carbocycles. The first-order valence-electron chi connectivity index (χ1n) is 6.84. The van der Waals surface area contributed by atoms with Crippen molar-refractivity contribution in [2.24, 2.45) is 5.92 Å². The summed E-state index contributed by atoms with van der Waals surface area (Å²) in [6.45, 7) is 3.55. The SMILES string of the molecule is CC(CO)C(C)NC(=O)c1cnn(-c2ccc(F)cc2F)c1. The fourth-order valence-corrected chi connectivity index (χ4v) is 1.83. The molecule has 0 aliphatic rings. The second kappa shape index (κ2) is 6.65. The molecule has 0 radical (unpaired) electrons. The van der Waals surface area contributed by atoms with Crippen LogP contribution in [0.25, 0.3) is 5.69 Å². The Hall–Kier alpha value is -2.28. The van der Waals surface area contributed by atoms with Crippen LogP contribution in [0.1, 0.15) is 24.2 Å². The lowest BCUT2D eigenvalue weighted by Crippen LogP contribution is -2.38. The maximum absolute atomic E-state index is 13.7. The van der Waals surface area contributed by atoms with Crippen LogP contribution in [-0.2, 0) is 0 Å². The van der Waals surface area contributed by atoms with Crippen molar-refractivity contribution < 1.29 is 18.7 Å². The fraction of sp³-hybridized carbons (Fsp3) is 0.333. The Morgan fingerprint density at radius 1 is 1.41 bits per heavy atom. The second-order valence-corrected chi connectivity index (χ2v) is 5.19. The van der Waals surface area contributed by atoms with Gasteiger partial charge in [0.15, 0.2) is 5.82 Å². The number of hydrogen-bond acceptors (Lipinski definition) is 3. The number of nitrogens with one attached hydrogen (secondary N) is 1. The van der Waals surface area contributed by atoms with Crippen molar-refractivity contribution in [3.05, 3.63) is 47.8 Å². The van der Waals surface area contributed by atoms with Crippen LogP contribution in [0.2, 0.25) is 0 Å². The summed E-state index contributed by atoms with van der Waals surface area (Å²) in [6.07, 6.45) is 2.66. The third-order valence-electron chi connectivity index (χ3n) is 3.50. The van der Waals surface area contributed by atoms with Crippen molar-refractivity contribution in [3.63, 3.8) is 0 Å². The van der Waals surface area contributed by atoms with E-state index in [9.17, 15) is 13.6 Å². The molecule has 0 aliphatic heterocycles. The third kappa shape index (κ3) is 3.48. The van der Waals surface area contributed by atoms with Gasteiger partial charge >= 0.3 is 0 Å². The number of aliphatic hydroxyl groups is 1. The van der Waals surface area contributed by atoms with E-state index in [1.807, 2.05) is 6.92 Å². The van der Waals surface area contributed by atoms with Crippen LogP contribution in [0.15, 0.2) is 30.6 Å². The number of amides is 1. The van der Waals surface area contributed by atoms with E-state index in [1.165, 1.54) is 23.1 Å². The lowest BCUT2D eigenvalue weighted by Gasteiger charge is -2.18. The van der Waals surface area contributed by atoms with Gasteiger partial charge in [-0.15, -0.1) is 0 Å². The number of aromatic nitrogens is 2. The van der Waals surface area contributed by atoms with Crippen LogP contribution in [0, 0.1) is 17.6 Å². The Kier molecular flexibility index (Phi) is 4.87. The standard InChI is InChI=1S/C15H17F2N3O2/c1-9(8-21)10(2)19-15(22)11-6-18-20(7-11)14-4-3-12(16)5-13(14)17/h3-7,9-10,21H,8H2,1-2H3,(H,19,22). The summed E-state index contributed by atoms with van der Waals surface area (Å²) in [6, 6.07) is 2.89. The van der Waals surface area contributed by atoms with Gasteiger partial charge in [0.2, 0.25) is 0 Å².